The van der Waals surface area contributed by atoms with Crippen molar-refractivity contribution in [2.75, 3.05) is 18.5 Å². The highest BCUT2D eigenvalue weighted by Gasteiger charge is 2.06. The lowest BCUT2D eigenvalue weighted by atomic mass is 10.3. The molecule has 2 aromatic rings. The first-order valence-electron chi connectivity index (χ1n) is 5.39. The summed E-state index contributed by atoms with van der Waals surface area (Å²) >= 11 is 0. The van der Waals surface area contributed by atoms with E-state index in [9.17, 15) is 0 Å². The summed E-state index contributed by atoms with van der Waals surface area (Å²) in [5, 5.41) is 12.0. The zero-order chi connectivity index (χ0) is 12.3. The van der Waals surface area contributed by atoms with Gasteiger partial charge in [-0.3, -0.25) is 0 Å². The second kappa shape index (κ2) is 4.92. The molecule has 0 fully saturated rings. The van der Waals surface area contributed by atoms with Gasteiger partial charge in [0.25, 0.3) is 0 Å². The van der Waals surface area contributed by atoms with Gasteiger partial charge in [0.05, 0.1) is 12.9 Å². The number of rotatable bonds is 4. The Bertz CT molecular complexity index is 546. The molecule has 2 aromatic heterocycles. The van der Waals surface area contributed by atoms with Crippen molar-refractivity contribution in [2.24, 2.45) is 0 Å². The Morgan fingerprint density at radius 3 is 3.12 bits per heavy atom. The van der Waals surface area contributed by atoms with Crippen LogP contribution in [0.25, 0.3) is 11.2 Å². The van der Waals surface area contributed by atoms with Gasteiger partial charge in [-0.05, 0) is 13.8 Å². The molecule has 0 spiro atoms. The van der Waals surface area contributed by atoms with Gasteiger partial charge >= 0.3 is 0 Å². The average molecular weight is 233 g/mol. The largest absolute Gasteiger partial charge is 0.392 e. The number of anilines is 1. The van der Waals surface area contributed by atoms with E-state index in [2.05, 4.69) is 25.3 Å². The second-order valence-electron chi connectivity index (χ2n) is 3.81. The number of aliphatic hydroxyl groups excluding tert-OH is 1. The van der Waals surface area contributed by atoms with Gasteiger partial charge in [0.15, 0.2) is 11.5 Å². The third kappa shape index (κ3) is 2.59. The number of H-pyrrole nitrogens is 1. The Morgan fingerprint density at radius 2 is 2.35 bits per heavy atom. The van der Waals surface area contributed by atoms with Crippen LogP contribution in [0.3, 0.4) is 0 Å². The van der Waals surface area contributed by atoms with Crippen LogP contribution in [0.2, 0.25) is 0 Å². The fourth-order valence-corrected chi connectivity index (χ4v) is 1.46. The molecular formula is C11H15N5O. The van der Waals surface area contributed by atoms with Crippen LogP contribution in [-0.4, -0.2) is 38.2 Å². The number of aryl methyl sites for hydroxylation is 1. The minimum Gasteiger partial charge on any atom is -0.392 e. The molecule has 0 aliphatic heterocycles. The van der Waals surface area contributed by atoms with Crippen LogP contribution in [0, 0.1) is 6.92 Å². The number of aromatic nitrogens is 4. The Labute approximate surface area is 98.8 Å². The molecule has 2 heterocycles. The molecule has 3 N–H and O–H groups in total. The monoisotopic (exact) mass is 233 g/mol. The normalized spacial score (nSPS) is 12.1. The molecule has 0 saturated carbocycles. The highest BCUT2D eigenvalue weighted by atomic mass is 16.3. The van der Waals surface area contributed by atoms with E-state index >= 15 is 0 Å². The second-order valence-corrected chi connectivity index (χ2v) is 3.81. The van der Waals surface area contributed by atoms with Gasteiger partial charge in [0.2, 0.25) is 0 Å². The molecule has 0 atom stereocenters. The van der Waals surface area contributed by atoms with Crippen LogP contribution in [0.4, 0.5) is 5.82 Å². The number of aromatic amines is 1. The molecule has 6 heteroatoms. The van der Waals surface area contributed by atoms with Crippen molar-refractivity contribution >= 4 is 17.0 Å². The summed E-state index contributed by atoms with van der Waals surface area (Å²) in [7, 11) is 0. The number of nitrogens with zero attached hydrogens (tertiary/aromatic N) is 3. The van der Waals surface area contributed by atoms with Crippen LogP contribution >= 0.6 is 0 Å². The zero-order valence-corrected chi connectivity index (χ0v) is 9.86. The van der Waals surface area contributed by atoms with Crippen LogP contribution in [0.1, 0.15) is 12.7 Å². The first-order chi connectivity index (χ1) is 8.20. The molecule has 0 bridgehead atoms. The molecule has 0 saturated heterocycles. The standard InChI is InChI=1S/C11H15N5O/c1-7(5-17)3-4-12-10-9-11(14-6-13-9)16-8(2)15-10/h3,6,17H,4-5H2,1-2H3,(H2,12,13,14,15,16)/b7-3+. The Hall–Kier alpha value is -1.95. The van der Waals surface area contributed by atoms with Gasteiger partial charge in [-0.15, -0.1) is 0 Å². The Kier molecular flexibility index (Phi) is 3.34. The summed E-state index contributed by atoms with van der Waals surface area (Å²) in [6.07, 6.45) is 3.51. The van der Waals surface area contributed by atoms with Crippen LogP contribution in [0.15, 0.2) is 18.0 Å². The lowest BCUT2D eigenvalue weighted by Crippen LogP contribution is -2.04. The molecule has 0 aliphatic rings. The topological polar surface area (TPSA) is 86.7 Å². The summed E-state index contributed by atoms with van der Waals surface area (Å²) in [5.41, 5.74) is 2.37. The molecular weight excluding hydrogens is 218 g/mol. The van der Waals surface area contributed by atoms with Crippen LogP contribution in [0.5, 0.6) is 0 Å². The van der Waals surface area contributed by atoms with Gasteiger partial charge in [0, 0.05) is 6.54 Å². The molecule has 90 valence electrons. The highest BCUT2D eigenvalue weighted by molar-refractivity contribution is 5.82. The summed E-state index contributed by atoms with van der Waals surface area (Å²) in [5.74, 6) is 1.40. The number of nitrogens with one attached hydrogen (secondary N) is 2. The van der Waals surface area contributed by atoms with Crippen molar-refractivity contribution in [3.8, 4) is 0 Å². The average Bonchev–Trinajstić information content (AvgIpc) is 2.76. The summed E-state index contributed by atoms with van der Waals surface area (Å²) in [6.45, 7) is 4.38. The maximum Gasteiger partial charge on any atom is 0.183 e. The van der Waals surface area contributed by atoms with Gasteiger partial charge < -0.3 is 15.4 Å². The molecule has 0 aromatic carbocycles. The van der Waals surface area contributed by atoms with Crippen molar-refractivity contribution in [1.82, 2.24) is 19.9 Å². The summed E-state index contributed by atoms with van der Waals surface area (Å²) in [4.78, 5) is 15.6. The van der Waals surface area contributed by atoms with Crippen LogP contribution < -0.4 is 5.32 Å². The van der Waals surface area contributed by atoms with E-state index in [-0.39, 0.29) is 6.61 Å². The van der Waals surface area contributed by atoms with Gasteiger partial charge in [-0.1, -0.05) is 11.6 Å². The number of imidazole rings is 1. The first kappa shape index (κ1) is 11.5. The molecule has 0 unspecified atom stereocenters. The fraction of sp³-hybridized carbons (Fsp3) is 0.364. The third-order valence-electron chi connectivity index (χ3n) is 2.37. The van der Waals surface area contributed by atoms with Crippen molar-refractivity contribution < 1.29 is 5.11 Å². The van der Waals surface area contributed by atoms with E-state index in [1.807, 2.05) is 19.9 Å². The molecule has 2 rings (SSSR count). The van der Waals surface area contributed by atoms with Gasteiger partial charge in [-0.2, -0.15) is 0 Å². The van der Waals surface area contributed by atoms with Crippen LogP contribution in [-0.2, 0) is 0 Å². The molecule has 0 radical (unpaired) electrons. The zero-order valence-electron chi connectivity index (χ0n) is 9.86. The highest BCUT2D eigenvalue weighted by Crippen LogP contribution is 2.15. The maximum absolute atomic E-state index is 8.88. The SMILES string of the molecule is C/C(=C\CNc1nc(C)nc2nc[nH]c12)CO. The number of aliphatic hydroxyl groups is 1. The lowest BCUT2D eigenvalue weighted by Gasteiger charge is -2.05. The van der Waals surface area contributed by atoms with Crippen molar-refractivity contribution in [2.45, 2.75) is 13.8 Å². The predicted molar refractivity (Wildman–Crippen MR) is 65.8 cm³/mol. The third-order valence-corrected chi connectivity index (χ3v) is 2.37. The van der Waals surface area contributed by atoms with Crippen molar-refractivity contribution in [1.29, 1.82) is 0 Å². The minimum absolute atomic E-state index is 0.0734. The van der Waals surface area contributed by atoms with E-state index in [1.165, 1.54) is 0 Å². The van der Waals surface area contributed by atoms with E-state index in [0.29, 0.717) is 18.0 Å². The smallest absolute Gasteiger partial charge is 0.183 e. The fourth-order valence-electron chi connectivity index (χ4n) is 1.46. The van der Waals surface area contributed by atoms with Gasteiger partial charge in [-0.25, -0.2) is 15.0 Å². The quantitative estimate of drug-likeness (QED) is 0.686. The Morgan fingerprint density at radius 1 is 1.53 bits per heavy atom. The number of hydrogen-bond donors (Lipinski definition) is 3. The summed E-state index contributed by atoms with van der Waals surface area (Å²) in [6, 6.07) is 0. The molecule has 17 heavy (non-hydrogen) atoms. The van der Waals surface area contributed by atoms with E-state index in [0.717, 1.165) is 16.9 Å². The Balaban J connectivity index is 2.20. The lowest BCUT2D eigenvalue weighted by molar-refractivity contribution is 0.331. The van der Waals surface area contributed by atoms with E-state index in [1.54, 1.807) is 6.33 Å². The van der Waals surface area contributed by atoms with Crippen molar-refractivity contribution in [3.05, 3.63) is 23.8 Å². The minimum atomic E-state index is 0.0734. The van der Waals surface area contributed by atoms with Gasteiger partial charge in [0.1, 0.15) is 11.3 Å². The maximum atomic E-state index is 8.88. The van der Waals surface area contributed by atoms with E-state index in [4.69, 9.17) is 5.11 Å². The number of fused-ring (bicyclic) bond motifs is 1. The predicted octanol–water partition coefficient (Wildman–Crippen LogP) is 1.01. The molecule has 0 amide bonds. The summed E-state index contributed by atoms with van der Waals surface area (Å²) < 4.78 is 0. The molecule has 6 nitrogen and oxygen atoms in total. The number of hydrogen-bond acceptors (Lipinski definition) is 5. The first-order valence-corrected chi connectivity index (χ1v) is 5.39. The molecule has 0 aliphatic carbocycles. The van der Waals surface area contributed by atoms with E-state index < -0.39 is 0 Å². The van der Waals surface area contributed by atoms with Crippen molar-refractivity contribution in [3.63, 3.8) is 0 Å².